The monoisotopic (exact) mass is 452 g/mol. The Balaban J connectivity index is 1.70. The number of rotatable bonds is 3. The third kappa shape index (κ3) is 3.10. The largest absolute Gasteiger partial charge is 0.496 e. The maximum atomic E-state index is 6.18. The van der Waals surface area contributed by atoms with Gasteiger partial charge in [-0.2, -0.15) is 0 Å². The molecule has 4 rings (SSSR count). The maximum absolute atomic E-state index is 6.18. The highest BCUT2D eigenvalue weighted by molar-refractivity contribution is 9.10. The molecule has 1 aliphatic carbocycles. The lowest BCUT2D eigenvalue weighted by Crippen LogP contribution is -1.90. The van der Waals surface area contributed by atoms with Crippen LogP contribution in [-0.2, 0) is 6.42 Å². The van der Waals surface area contributed by atoms with Crippen molar-refractivity contribution in [2.24, 2.45) is 4.99 Å². The summed E-state index contributed by atoms with van der Waals surface area (Å²) in [7, 11) is 1.68. The van der Waals surface area contributed by atoms with Gasteiger partial charge in [0.05, 0.1) is 17.8 Å². The molecule has 1 heterocycles. The zero-order valence-corrected chi connectivity index (χ0v) is 16.9. The smallest absolute Gasteiger partial charge is 0.209 e. The summed E-state index contributed by atoms with van der Waals surface area (Å²) in [5, 5.41) is 1.87. The average molecular weight is 454 g/mol. The fourth-order valence-corrected chi connectivity index (χ4v) is 4.66. The van der Waals surface area contributed by atoms with Crippen molar-refractivity contribution in [3.63, 3.8) is 0 Å². The summed E-state index contributed by atoms with van der Waals surface area (Å²) in [5.74, 6) is 0.832. The van der Waals surface area contributed by atoms with E-state index in [0.29, 0.717) is 15.2 Å². The van der Waals surface area contributed by atoms with Crippen LogP contribution in [0.25, 0.3) is 11.3 Å². The van der Waals surface area contributed by atoms with Crippen LogP contribution in [0.15, 0.2) is 39.8 Å². The summed E-state index contributed by atoms with van der Waals surface area (Å²) in [5.41, 5.74) is 4.02. The first-order valence-electron chi connectivity index (χ1n) is 7.41. The minimum atomic E-state index is 0.566. The third-order valence-electron chi connectivity index (χ3n) is 3.97. The summed E-state index contributed by atoms with van der Waals surface area (Å²) in [4.78, 5) is 10.4. The van der Waals surface area contributed by atoms with E-state index in [1.54, 1.807) is 36.8 Å². The quantitative estimate of drug-likeness (QED) is 0.330. The van der Waals surface area contributed by atoms with E-state index in [9.17, 15) is 0 Å². The Morgan fingerprint density at radius 1 is 1.28 bits per heavy atom. The molecule has 0 unspecified atom stereocenters. The van der Waals surface area contributed by atoms with Gasteiger partial charge in [0.2, 0.25) is 5.13 Å². The van der Waals surface area contributed by atoms with Crippen molar-refractivity contribution in [1.29, 1.82) is 0 Å². The molecule has 0 aliphatic heterocycles. The molecule has 0 N–H and O–H groups in total. The summed E-state index contributed by atoms with van der Waals surface area (Å²) < 4.78 is 6.59. The minimum Gasteiger partial charge on any atom is -0.496 e. The van der Waals surface area contributed by atoms with E-state index >= 15 is 0 Å². The summed E-state index contributed by atoms with van der Waals surface area (Å²) in [6.45, 7) is 0. The van der Waals surface area contributed by atoms with Gasteiger partial charge in [0.15, 0.2) is 0 Å². The van der Waals surface area contributed by atoms with Gasteiger partial charge >= 0.3 is 0 Å². The van der Waals surface area contributed by atoms with Crippen LogP contribution >= 0.6 is 50.5 Å². The summed E-state index contributed by atoms with van der Waals surface area (Å²) in [6, 6.07) is 9.29. The van der Waals surface area contributed by atoms with E-state index in [4.69, 9.17) is 32.9 Å². The van der Waals surface area contributed by atoms with Crippen molar-refractivity contribution in [1.82, 2.24) is 4.98 Å². The molecule has 2 aromatic carbocycles. The van der Waals surface area contributed by atoms with Gasteiger partial charge < -0.3 is 4.74 Å². The molecule has 25 heavy (non-hydrogen) atoms. The second-order valence-corrected chi connectivity index (χ2v) is 8.23. The highest BCUT2D eigenvalue weighted by Crippen LogP contribution is 2.48. The van der Waals surface area contributed by atoms with Crippen LogP contribution in [0.1, 0.15) is 16.0 Å². The number of halogens is 3. The Morgan fingerprint density at radius 2 is 2.12 bits per heavy atom. The maximum Gasteiger partial charge on any atom is 0.209 e. The number of hydrogen-bond acceptors (Lipinski definition) is 4. The fourth-order valence-electron chi connectivity index (χ4n) is 2.80. The van der Waals surface area contributed by atoms with Gasteiger partial charge in [-0.1, -0.05) is 56.5 Å². The van der Waals surface area contributed by atoms with E-state index in [-0.39, 0.29) is 0 Å². The Morgan fingerprint density at radius 3 is 2.88 bits per heavy atom. The SMILES string of the molecule is COc1ccc(Br)c2c1-c1nc(N=Cc3ccc(Cl)cc3Cl)sc1C2. The van der Waals surface area contributed by atoms with Gasteiger partial charge in [0.1, 0.15) is 5.75 Å². The molecule has 0 atom stereocenters. The number of benzene rings is 2. The van der Waals surface area contributed by atoms with Gasteiger partial charge in [-0.3, -0.25) is 0 Å². The van der Waals surface area contributed by atoms with Crippen molar-refractivity contribution in [3.05, 3.63) is 60.9 Å². The highest BCUT2D eigenvalue weighted by atomic mass is 79.9. The summed E-state index contributed by atoms with van der Waals surface area (Å²) >= 11 is 17.3. The zero-order chi connectivity index (χ0) is 17.6. The van der Waals surface area contributed by atoms with Crippen LogP contribution in [0.3, 0.4) is 0 Å². The first-order chi connectivity index (χ1) is 12.1. The molecule has 1 aliphatic rings. The van der Waals surface area contributed by atoms with Gasteiger partial charge in [-0.25, -0.2) is 9.98 Å². The van der Waals surface area contributed by atoms with Crippen LogP contribution in [0, 0.1) is 0 Å². The van der Waals surface area contributed by atoms with Gasteiger partial charge in [-0.15, -0.1) is 0 Å². The Labute approximate surface area is 167 Å². The molecule has 0 radical (unpaired) electrons. The lowest BCUT2D eigenvalue weighted by Gasteiger charge is -2.08. The second-order valence-electron chi connectivity index (χ2n) is 5.47. The van der Waals surface area contributed by atoms with Crippen molar-refractivity contribution >= 4 is 61.8 Å². The van der Waals surface area contributed by atoms with Crippen molar-refractivity contribution in [2.45, 2.75) is 6.42 Å². The Bertz CT molecular complexity index is 1020. The lowest BCUT2D eigenvalue weighted by molar-refractivity contribution is 0.416. The molecule has 3 aromatic rings. The standard InChI is InChI=1S/C18H11BrCl2N2OS/c1-24-14-5-4-12(19)11-7-15-17(16(11)14)23-18(25-15)22-8-9-2-3-10(20)6-13(9)21/h2-6,8H,7H2,1H3. The van der Waals surface area contributed by atoms with E-state index < -0.39 is 0 Å². The number of ether oxygens (including phenoxy) is 1. The zero-order valence-electron chi connectivity index (χ0n) is 13.0. The van der Waals surface area contributed by atoms with Crippen LogP contribution in [0.5, 0.6) is 5.75 Å². The van der Waals surface area contributed by atoms with Crippen LogP contribution in [0.2, 0.25) is 10.0 Å². The molecule has 0 saturated heterocycles. The lowest BCUT2D eigenvalue weighted by atomic mass is 10.1. The molecule has 0 amide bonds. The number of aliphatic imine (C=N–C) groups is 1. The van der Waals surface area contributed by atoms with Gasteiger partial charge in [0, 0.05) is 38.1 Å². The molecule has 1 aromatic heterocycles. The number of hydrogen-bond donors (Lipinski definition) is 0. The molecule has 126 valence electrons. The molecular weight excluding hydrogens is 443 g/mol. The molecule has 7 heteroatoms. The van der Waals surface area contributed by atoms with Crippen molar-refractivity contribution < 1.29 is 4.74 Å². The number of thiazole rings is 1. The van der Waals surface area contributed by atoms with Crippen LogP contribution in [-0.4, -0.2) is 18.3 Å². The Hall–Kier alpha value is -1.40. The minimum absolute atomic E-state index is 0.566. The molecule has 0 bridgehead atoms. The predicted molar refractivity (Wildman–Crippen MR) is 108 cm³/mol. The first-order valence-corrected chi connectivity index (χ1v) is 9.78. The molecule has 0 saturated carbocycles. The van der Waals surface area contributed by atoms with Crippen LogP contribution in [0.4, 0.5) is 5.13 Å². The number of methoxy groups -OCH3 is 1. The Kier molecular flexibility index (Phi) is 4.58. The number of aromatic nitrogens is 1. The molecular formula is C18H11BrCl2N2OS. The van der Waals surface area contributed by atoms with E-state index in [0.717, 1.165) is 33.5 Å². The first kappa shape index (κ1) is 17.0. The van der Waals surface area contributed by atoms with Crippen molar-refractivity contribution in [2.75, 3.05) is 7.11 Å². The van der Waals surface area contributed by atoms with E-state index in [2.05, 4.69) is 20.9 Å². The van der Waals surface area contributed by atoms with E-state index in [1.165, 1.54) is 10.4 Å². The molecule has 0 fully saturated rings. The van der Waals surface area contributed by atoms with E-state index in [1.807, 2.05) is 18.2 Å². The molecule has 3 nitrogen and oxygen atoms in total. The third-order valence-corrected chi connectivity index (χ3v) is 6.24. The molecule has 0 spiro atoms. The number of nitrogens with zero attached hydrogens (tertiary/aromatic N) is 2. The normalized spacial score (nSPS) is 12.5. The summed E-state index contributed by atoms with van der Waals surface area (Å²) in [6.07, 6.45) is 2.54. The fraction of sp³-hybridized carbons (Fsp3) is 0.111. The predicted octanol–water partition coefficient (Wildman–Crippen LogP) is 6.54. The van der Waals surface area contributed by atoms with Crippen LogP contribution < -0.4 is 4.74 Å². The average Bonchev–Trinajstić information content (AvgIpc) is 3.13. The van der Waals surface area contributed by atoms with Gasteiger partial charge in [-0.05, 0) is 29.8 Å². The second kappa shape index (κ2) is 6.72. The topological polar surface area (TPSA) is 34.5 Å². The van der Waals surface area contributed by atoms with Crippen molar-refractivity contribution in [3.8, 4) is 17.0 Å². The highest BCUT2D eigenvalue weighted by Gasteiger charge is 2.28. The van der Waals surface area contributed by atoms with Gasteiger partial charge in [0.25, 0.3) is 0 Å². The number of fused-ring (bicyclic) bond motifs is 3.